The van der Waals surface area contributed by atoms with E-state index in [1.54, 1.807) is 11.3 Å². The maximum absolute atomic E-state index is 4.73. The molecule has 0 saturated carbocycles. The van der Waals surface area contributed by atoms with Gasteiger partial charge >= 0.3 is 0 Å². The van der Waals surface area contributed by atoms with Crippen LogP contribution in [0.3, 0.4) is 0 Å². The van der Waals surface area contributed by atoms with Gasteiger partial charge in [0.1, 0.15) is 5.82 Å². The first-order chi connectivity index (χ1) is 9.60. The molecule has 3 nitrogen and oxygen atoms in total. The standard InChI is InChI=1S/C16H17N3S/c1-9-6-5-7-12-14(9)16(17-4)19-15(18-12)13-8-10(2)11(3)20-13/h5-8H,1-4H3,(H,17,18,19). The molecule has 20 heavy (non-hydrogen) atoms. The van der Waals surface area contributed by atoms with Crippen molar-refractivity contribution in [1.82, 2.24) is 9.97 Å². The van der Waals surface area contributed by atoms with Gasteiger partial charge in [0.25, 0.3) is 0 Å². The summed E-state index contributed by atoms with van der Waals surface area (Å²) in [6.45, 7) is 6.35. The predicted molar refractivity (Wildman–Crippen MR) is 86.6 cm³/mol. The number of fused-ring (bicyclic) bond motifs is 1. The number of nitrogens with one attached hydrogen (secondary N) is 1. The number of aromatic nitrogens is 2. The fourth-order valence-electron chi connectivity index (χ4n) is 2.33. The summed E-state index contributed by atoms with van der Waals surface area (Å²) >= 11 is 1.75. The second-order valence-electron chi connectivity index (χ2n) is 4.96. The van der Waals surface area contributed by atoms with Crippen LogP contribution in [-0.2, 0) is 0 Å². The molecular formula is C16H17N3S. The summed E-state index contributed by atoms with van der Waals surface area (Å²) in [5.74, 6) is 1.69. The number of anilines is 1. The van der Waals surface area contributed by atoms with Gasteiger partial charge in [-0.1, -0.05) is 12.1 Å². The maximum atomic E-state index is 4.73. The van der Waals surface area contributed by atoms with Crippen LogP contribution in [0.4, 0.5) is 5.82 Å². The molecule has 4 heteroatoms. The summed E-state index contributed by atoms with van der Waals surface area (Å²) in [5.41, 5.74) is 3.48. The van der Waals surface area contributed by atoms with Gasteiger partial charge < -0.3 is 5.32 Å². The number of benzene rings is 1. The SMILES string of the molecule is CNc1nc(-c2cc(C)c(C)s2)nc2cccc(C)c12. The molecule has 3 aromatic rings. The van der Waals surface area contributed by atoms with E-state index in [0.717, 1.165) is 27.4 Å². The van der Waals surface area contributed by atoms with Crippen LogP contribution in [0.25, 0.3) is 21.6 Å². The highest BCUT2D eigenvalue weighted by atomic mass is 32.1. The van der Waals surface area contributed by atoms with E-state index in [4.69, 9.17) is 9.97 Å². The molecule has 0 unspecified atom stereocenters. The van der Waals surface area contributed by atoms with E-state index < -0.39 is 0 Å². The lowest BCUT2D eigenvalue weighted by Crippen LogP contribution is -1.99. The zero-order valence-electron chi connectivity index (χ0n) is 12.1. The van der Waals surface area contributed by atoms with Crippen LogP contribution in [0, 0.1) is 20.8 Å². The molecule has 2 aromatic heterocycles. The Morgan fingerprint density at radius 2 is 1.85 bits per heavy atom. The molecule has 0 amide bonds. The first-order valence-corrected chi connectivity index (χ1v) is 7.44. The van der Waals surface area contributed by atoms with E-state index in [-0.39, 0.29) is 0 Å². The van der Waals surface area contributed by atoms with Gasteiger partial charge in [0.2, 0.25) is 0 Å². The molecule has 0 aliphatic heterocycles. The Morgan fingerprint density at radius 1 is 1.05 bits per heavy atom. The fourth-order valence-corrected chi connectivity index (χ4v) is 3.30. The van der Waals surface area contributed by atoms with Crippen molar-refractivity contribution in [2.24, 2.45) is 0 Å². The van der Waals surface area contributed by atoms with Crippen LogP contribution in [0.5, 0.6) is 0 Å². The summed E-state index contributed by atoms with van der Waals surface area (Å²) in [6, 6.07) is 8.34. The molecule has 0 fully saturated rings. The summed E-state index contributed by atoms with van der Waals surface area (Å²) in [6.07, 6.45) is 0. The molecule has 3 rings (SSSR count). The number of aryl methyl sites for hydroxylation is 3. The molecule has 2 heterocycles. The second kappa shape index (κ2) is 4.87. The number of nitrogens with zero attached hydrogens (tertiary/aromatic N) is 2. The van der Waals surface area contributed by atoms with Gasteiger partial charge in [0.15, 0.2) is 5.82 Å². The van der Waals surface area contributed by atoms with Gasteiger partial charge in [0.05, 0.1) is 10.4 Å². The highest BCUT2D eigenvalue weighted by Crippen LogP contribution is 2.32. The molecule has 0 aliphatic carbocycles. The largest absolute Gasteiger partial charge is 0.373 e. The smallest absolute Gasteiger partial charge is 0.172 e. The van der Waals surface area contributed by atoms with Crippen LogP contribution in [0.15, 0.2) is 24.3 Å². The maximum Gasteiger partial charge on any atom is 0.172 e. The average molecular weight is 283 g/mol. The molecule has 0 atom stereocenters. The summed E-state index contributed by atoms with van der Waals surface area (Å²) < 4.78 is 0. The van der Waals surface area contributed by atoms with Crippen LogP contribution < -0.4 is 5.32 Å². The molecule has 0 aliphatic rings. The molecule has 0 spiro atoms. The monoisotopic (exact) mass is 283 g/mol. The van der Waals surface area contributed by atoms with Crippen molar-refractivity contribution in [2.45, 2.75) is 20.8 Å². The molecule has 102 valence electrons. The van der Waals surface area contributed by atoms with E-state index in [9.17, 15) is 0 Å². The Hall–Kier alpha value is -1.94. The quantitative estimate of drug-likeness (QED) is 0.761. The lowest BCUT2D eigenvalue weighted by atomic mass is 10.1. The lowest BCUT2D eigenvalue weighted by molar-refractivity contribution is 1.22. The van der Waals surface area contributed by atoms with Crippen LogP contribution in [0.2, 0.25) is 0 Å². The summed E-state index contributed by atoms with van der Waals surface area (Å²) in [7, 11) is 1.91. The van der Waals surface area contributed by atoms with Crippen molar-refractivity contribution >= 4 is 28.1 Å². The van der Waals surface area contributed by atoms with Crippen molar-refractivity contribution in [3.05, 3.63) is 40.3 Å². The summed E-state index contributed by atoms with van der Waals surface area (Å²) in [5, 5.41) is 4.30. The van der Waals surface area contributed by atoms with E-state index in [1.165, 1.54) is 16.0 Å². The molecule has 0 saturated heterocycles. The predicted octanol–water partition coefficient (Wildman–Crippen LogP) is 4.33. The van der Waals surface area contributed by atoms with Crippen molar-refractivity contribution in [2.75, 3.05) is 12.4 Å². The Bertz CT molecular complexity index is 770. The minimum Gasteiger partial charge on any atom is -0.373 e. The van der Waals surface area contributed by atoms with Crippen LogP contribution >= 0.6 is 11.3 Å². The highest BCUT2D eigenvalue weighted by molar-refractivity contribution is 7.15. The Morgan fingerprint density at radius 3 is 2.50 bits per heavy atom. The van der Waals surface area contributed by atoms with Gasteiger partial charge in [-0.2, -0.15) is 0 Å². The first kappa shape index (κ1) is 13.1. The van der Waals surface area contributed by atoms with Crippen molar-refractivity contribution in [1.29, 1.82) is 0 Å². The minimum atomic E-state index is 0.800. The van der Waals surface area contributed by atoms with Crippen molar-refractivity contribution in [3.8, 4) is 10.7 Å². The third kappa shape index (κ3) is 2.06. The Labute approximate surface area is 122 Å². The zero-order chi connectivity index (χ0) is 14.3. The summed E-state index contributed by atoms with van der Waals surface area (Å²) in [4.78, 5) is 11.9. The number of hydrogen-bond donors (Lipinski definition) is 1. The number of thiophene rings is 1. The van der Waals surface area contributed by atoms with E-state index in [1.807, 2.05) is 19.2 Å². The minimum absolute atomic E-state index is 0.800. The first-order valence-electron chi connectivity index (χ1n) is 6.62. The number of hydrogen-bond acceptors (Lipinski definition) is 4. The highest BCUT2D eigenvalue weighted by Gasteiger charge is 2.12. The van der Waals surface area contributed by atoms with Crippen molar-refractivity contribution < 1.29 is 0 Å². The van der Waals surface area contributed by atoms with E-state index in [0.29, 0.717) is 0 Å². The van der Waals surface area contributed by atoms with Crippen LogP contribution in [-0.4, -0.2) is 17.0 Å². The molecular weight excluding hydrogens is 266 g/mol. The molecule has 0 bridgehead atoms. The van der Waals surface area contributed by atoms with Gasteiger partial charge in [-0.25, -0.2) is 9.97 Å². The molecule has 1 N–H and O–H groups in total. The van der Waals surface area contributed by atoms with Crippen molar-refractivity contribution in [3.63, 3.8) is 0 Å². The Balaban J connectivity index is 2.28. The van der Waals surface area contributed by atoms with Crippen LogP contribution in [0.1, 0.15) is 16.0 Å². The third-order valence-electron chi connectivity index (χ3n) is 3.55. The molecule has 0 radical (unpaired) electrons. The van der Waals surface area contributed by atoms with Gasteiger partial charge in [-0.15, -0.1) is 11.3 Å². The average Bonchev–Trinajstić information content (AvgIpc) is 2.78. The third-order valence-corrected chi connectivity index (χ3v) is 4.70. The lowest BCUT2D eigenvalue weighted by Gasteiger charge is -2.09. The topological polar surface area (TPSA) is 37.8 Å². The second-order valence-corrected chi connectivity index (χ2v) is 6.22. The molecule has 1 aromatic carbocycles. The Kier molecular flexibility index (Phi) is 3.18. The van der Waals surface area contributed by atoms with E-state index >= 15 is 0 Å². The fraction of sp³-hybridized carbons (Fsp3) is 0.250. The van der Waals surface area contributed by atoms with E-state index in [2.05, 4.69) is 38.2 Å². The van der Waals surface area contributed by atoms with Gasteiger partial charge in [-0.3, -0.25) is 0 Å². The van der Waals surface area contributed by atoms with Gasteiger partial charge in [0, 0.05) is 17.3 Å². The number of rotatable bonds is 2. The zero-order valence-corrected chi connectivity index (χ0v) is 12.9. The van der Waals surface area contributed by atoms with Gasteiger partial charge in [-0.05, 0) is 44.0 Å². The normalized spacial score (nSPS) is 11.0.